The third-order valence-corrected chi connectivity index (χ3v) is 5.99. The molecule has 0 saturated carbocycles. The van der Waals surface area contributed by atoms with Crippen molar-refractivity contribution in [3.63, 3.8) is 0 Å². The van der Waals surface area contributed by atoms with E-state index in [4.69, 9.17) is 14.7 Å². The summed E-state index contributed by atoms with van der Waals surface area (Å²) in [5.41, 5.74) is 2.13. The number of benzene rings is 1. The molecule has 29 heavy (non-hydrogen) atoms. The van der Waals surface area contributed by atoms with Crippen LogP contribution in [0.4, 0.5) is 11.8 Å². The molecule has 0 spiro atoms. The standard InChI is InChI=1S/C23H33N5O/c1-2-20-10-6-7-12-28(20)22-18-21(19-8-4-3-5-9-19)25-23(26-22)24-11-13-27-14-16-29-17-15-27/h3-5,8-9,18,20H,2,6-7,10-17H2,1H3,(H,24,25,26). The van der Waals surface area contributed by atoms with Gasteiger partial charge in [0.15, 0.2) is 0 Å². The predicted molar refractivity (Wildman–Crippen MR) is 118 cm³/mol. The number of nitrogens with zero attached hydrogens (tertiary/aromatic N) is 4. The molecule has 2 fully saturated rings. The molecule has 4 rings (SSSR count). The number of rotatable bonds is 7. The van der Waals surface area contributed by atoms with Gasteiger partial charge >= 0.3 is 0 Å². The fourth-order valence-corrected chi connectivity index (χ4v) is 4.29. The minimum Gasteiger partial charge on any atom is -0.379 e. The van der Waals surface area contributed by atoms with E-state index in [1.807, 2.05) is 6.07 Å². The van der Waals surface area contributed by atoms with Gasteiger partial charge in [0.2, 0.25) is 5.95 Å². The van der Waals surface area contributed by atoms with Crippen LogP contribution in [0.1, 0.15) is 32.6 Å². The summed E-state index contributed by atoms with van der Waals surface area (Å²) in [5, 5.41) is 3.48. The molecule has 2 aliphatic rings. The maximum atomic E-state index is 5.44. The highest BCUT2D eigenvalue weighted by Crippen LogP contribution is 2.29. The van der Waals surface area contributed by atoms with Crippen LogP contribution in [-0.2, 0) is 4.74 Å². The van der Waals surface area contributed by atoms with Gasteiger partial charge in [-0.05, 0) is 25.7 Å². The van der Waals surface area contributed by atoms with Gasteiger partial charge in [0, 0.05) is 50.4 Å². The highest BCUT2D eigenvalue weighted by Gasteiger charge is 2.23. The molecule has 156 valence electrons. The molecule has 1 unspecified atom stereocenters. The molecule has 1 aromatic carbocycles. The van der Waals surface area contributed by atoms with Crippen LogP contribution in [0.5, 0.6) is 0 Å². The van der Waals surface area contributed by atoms with Crippen molar-refractivity contribution in [2.75, 3.05) is 56.2 Å². The minimum absolute atomic E-state index is 0.573. The summed E-state index contributed by atoms with van der Waals surface area (Å²) in [5.74, 6) is 1.79. The average Bonchev–Trinajstić information content (AvgIpc) is 2.80. The van der Waals surface area contributed by atoms with E-state index < -0.39 is 0 Å². The Morgan fingerprint density at radius 1 is 1.07 bits per heavy atom. The van der Waals surface area contributed by atoms with Gasteiger partial charge in [-0.1, -0.05) is 37.3 Å². The fraction of sp³-hybridized carbons (Fsp3) is 0.565. The van der Waals surface area contributed by atoms with Crippen LogP contribution < -0.4 is 10.2 Å². The van der Waals surface area contributed by atoms with Crippen molar-refractivity contribution in [2.24, 2.45) is 0 Å². The lowest BCUT2D eigenvalue weighted by molar-refractivity contribution is 0.0398. The van der Waals surface area contributed by atoms with Crippen molar-refractivity contribution in [3.05, 3.63) is 36.4 Å². The number of nitrogens with one attached hydrogen (secondary N) is 1. The first-order chi connectivity index (χ1) is 14.3. The monoisotopic (exact) mass is 395 g/mol. The maximum Gasteiger partial charge on any atom is 0.225 e. The average molecular weight is 396 g/mol. The van der Waals surface area contributed by atoms with Crippen LogP contribution in [0, 0.1) is 0 Å². The zero-order valence-electron chi connectivity index (χ0n) is 17.5. The quantitative estimate of drug-likeness (QED) is 0.772. The first kappa shape index (κ1) is 20.1. The van der Waals surface area contributed by atoms with Crippen molar-refractivity contribution in [3.8, 4) is 11.3 Å². The molecule has 1 aromatic heterocycles. The Morgan fingerprint density at radius 3 is 2.69 bits per heavy atom. The van der Waals surface area contributed by atoms with Gasteiger partial charge in [0.25, 0.3) is 0 Å². The van der Waals surface area contributed by atoms with E-state index in [1.54, 1.807) is 0 Å². The SMILES string of the molecule is CCC1CCCCN1c1cc(-c2ccccc2)nc(NCCN2CCOCC2)n1. The summed E-state index contributed by atoms with van der Waals surface area (Å²) in [6.45, 7) is 8.86. The Labute approximate surface area is 174 Å². The van der Waals surface area contributed by atoms with Crippen molar-refractivity contribution in [2.45, 2.75) is 38.6 Å². The number of aromatic nitrogens is 2. The molecule has 2 saturated heterocycles. The lowest BCUT2D eigenvalue weighted by atomic mass is 10.00. The molecule has 2 aliphatic heterocycles. The van der Waals surface area contributed by atoms with Crippen LogP contribution in [0.2, 0.25) is 0 Å². The third-order valence-electron chi connectivity index (χ3n) is 5.99. The molecule has 6 nitrogen and oxygen atoms in total. The van der Waals surface area contributed by atoms with Crippen molar-refractivity contribution in [1.29, 1.82) is 0 Å². The first-order valence-electron chi connectivity index (χ1n) is 11.1. The molecule has 6 heteroatoms. The molecular formula is C23H33N5O. The summed E-state index contributed by atoms with van der Waals surface area (Å²) in [4.78, 5) is 14.7. The van der Waals surface area contributed by atoms with E-state index in [0.717, 1.165) is 75.4 Å². The van der Waals surface area contributed by atoms with E-state index >= 15 is 0 Å². The molecule has 0 amide bonds. The van der Waals surface area contributed by atoms with E-state index in [-0.39, 0.29) is 0 Å². The number of piperidine rings is 1. The van der Waals surface area contributed by atoms with Crippen molar-refractivity contribution in [1.82, 2.24) is 14.9 Å². The van der Waals surface area contributed by atoms with Crippen LogP contribution in [0.15, 0.2) is 36.4 Å². The van der Waals surface area contributed by atoms with Gasteiger partial charge < -0.3 is 15.0 Å². The second-order valence-corrected chi connectivity index (χ2v) is 7.93. The summed E-state index contributed by atoms with van der Waals surface area (Å²) >= 11 is 0. The zero-order chi connectivity index (χ0) is 19.9. The summed E-state index contributed by atoms with van der Waals surface area (Å²) in [7, 11) is 0. The molecule has 2 aromatic rings. The van der Waals surface area contributed by atoms with E-state index in [1.165, 1.54) is 19.3 Å². The highest BCUT2D eigenvalue weighted by atomic mass is 16.5. The number of hydrogen-bond donors (Lipinski definition) is 1. The Hall–Kier alpha value is -2.18. The first-order valence-corrected chi connectivity index (χ1v) is 11.1. The third kappa shape index (κ3) is 5.25. The topological polar surface area (TPSA) is 53.5 Å². The molecule has 1 N–H and O–H groups in total. The lowest BCUT2D eigenvalue weighted by Crippen LogP contribution is -2.40. The number of anilines is 2. The maximum absolute atomic E-state index is 5.44. The summed E-state index contributed by atoms with van der Waals surface area (Å²) in [6, 6.07) is 13.2. The van der Waals surface area contributed by atoms with Crippen LogP contribution in [0.25, 0.3) is 11.3 Å². The molecule has 0 aliphatic carbocycles. The fourth-order valence-electron chi connectivity index (χ4n) is 4.29. The van der Waals surface area contributed by atoms with Crippen molar-refractivity contribution >= 4 is 11.8 Å². The van der Waals surface area contributed by atoms with Crippen molar-refractivity contribution < 1.29 is 4.74 Å². The van der Waals surface area contributed by atoms with Gasteiger partial charge in [-0.15, -0.1) is 0 Å². The van der Waals surface area contributed by atoms with Gasteiger partial charge in [-0.2, -0.15) is 4.98 Å². The minimum atomic E-state index is 0.573. The Kier molecular flexibility index (Phi) is 6.96. The van der Waals surface area contributed by atoms with E-state index in [2.05, 4.69) is 52.4 Å². The highest BCUT2D eigenvalue weighted by molar-refractivity contribution is 5.65. The summed E-state index contributed by atoms with van der Waals surface area (Å²) in [6.07, 6.45) is 4.96. The predicted octanol–water partition coefficient (Wildman–Crippen LogP) is 3.66. The molecule has 3 heterocycles. The van der Waals surface area contributed by atoms with E-state index in [0.29, 0.717) is 6.04 Å². The normalized spacial score (nSPS) is 20.6. The molecule has 0 radical (unpaired) electrons. The van der Waals surface area contributed by atoms with E-state index in [9.17, 15) is 0 Å². The van der Waals surface area contributed by atoms with Gasteiger partial charge in [0.05, 0.1) is 18.9 Å². The number of morpholine rings is 1. The Bertz CT molecular complexity index is 763. The summed E-state index contributed by atoms with van der Waals surface area (Å²) < 4.78 is 5.44. The zero-order valence-corrected chi connectivity index (χ0v) is 17.5. The van der Waals surface area contributed by atoms with Gasteiger partial charge in [-0.3, -0.25) is 4.90 Å². The molecular weight excluding hydrogens is 362 g/mol. The number of ether oxygens (including phenoxy) is 1. The molecule has 1 atom stereocenters. The van der Waals surface area contributed by atoms with Gasteiger partial charge in [0.1, 0.15) is 5.82 Å². The van der Waals surface area contributed by atoms with Crippen LogP contribution in [0.3, 0.4) is 0 Å². The molecule has 0 bridgehead atoms. The Balaban J connectivity index is 1.54. The second-order valence-electron chi connectivity index (χ2n) is 7.93. The number of hydrogen-bond acceptors (Lipinski definition) is 6. The largest absolute Gasteiger partial charge is 0.379 e. The van der Waals surface area contributed by atoms with Gasteiger partial charge in [-0.25, -0.2) is 4.98 Å². The van der Waals surface area contributed by atoms with Crippen LogP contribution >= 0.6 is 0 Å². The van der Waals surface area contributed by atoms with Crippen LogP contribution in [-0.4, -0.2) is 66.8 Å². The second kappa shape index (κ2) is 10.0. The Morgan fingerprint density at radius 2 is 1.90 bits per heavy atom. The lowest BCUT2D eigenvalue weighted by Gasteiger charge is -2.36. The smallest absolute Gasteiger partial charge is 0.225 e.